The van der Waals surface area contributed by atoms with Crippen molar-refractivity contribution in [2.45, 2.75) is 37.8 Å². The molecule has 0 radical (unpaired) electrons. The minimum Gasteiger partial charge on any atom is -0.318 e. The van der Waals surface area contributed by atoms with Crippen molar-refractivity contribution in [2.75, 3.05) is 5.32 Å². The predicted octanol–water partition coefficient (Wildman–Crippen LogP) is 3.17. The Hall–Kier alpha value is -2.38. The first kappa shape index (κ1) is 19.0. The van der Waals surface area contributed by atoms with Gasteiger partial charge in [0.05, 0.1) is 4.90 Å². The van der Waals surface area contributed by atoms with Crippen LogP contribution in [0.3, 0.4) is 0 Å². The van der Waals surface area contributed by atoms with Crippen molar-refractivity contribution in [2.24, 2.45) is 5.14 Å². The van der Waals surface area contributed by atoms with E-state index in [2.05, 4.69) is 5.32 Å². The summed E-state index contributed by atoms with van der Waals surface area (Å²) in [6.07, 6.45) is 0.824. The fraction of sp³-hybridized carbons (Fsp3) is 0.278. The second-order valence-corrected chi connectivity index (χ2v) is 7.43. The lowest BCUT2D eigenvalue weighted by Crippen LogP contribution is -2.40. The van der Waals surface area contributed by atoms with Crippen molar-refractivity contribution >= 4 is 21.7 Å². The number of amides is 2. The van der Waals surface area contributed by atoms with Gasteiger partial charge in [-0.2, -0.15) is 0 Å². The summed E-state index contributed by atoms with van der Waals surface area (Å²) < 4.78 is 22.6. The van der Waals surface area contributed by atoms with Crippen molar-refractivity contribution in [3.05, 3.63) is 60.2 Å². The van der Waals surface area contributed by atoms with Gasteiger partial charge in [-0.15, -0.1) is 0 Å². The first-order valence-electron chi connectivity index (χ1n) is 8.05. The number of nitrogens with two attached hydrogens (primary N) is 1. The molecule has 0 fully saturated rings. The van der Waals surface area contributed by atoms with E-state index in [4.69, 9.17) is 5.14 Å². The molecule has 2 aromatic rings. The van der Waals surface area contributed by atoms with Gasteiger partial charge in [0.15, 0.2) is 0 Å². The van der Waals surface area contributed by atoms with Crippen LogP contribution in [0.15, 0.2) is 59.5 Å². The molecule has 0 aliphatic heterocycles. The Morgan fingerprint density at radius 2 is 1.72 bits per heavy atom. The lowest BCUT2D eigenvalue weighted by atomic mass is 10.1. The van der Waals surface area contributed by atoms with Gasteiger partial charge in [0.2, 0.25) is 10.0 Å². The number of urea groups is 1. The van der Waals surface area contributed by atoms with Crippen LogP contribution >= 0.6 is 0 Å². The van der Waals surface area contributed by atoms with E-state index in [0.29, 0.717) is 12.2 Å². The van der Waals surface area contributed by atoms with Crippen LogP contribution in [0.2, 0.25) is 0 Å². The third-order valence-electron chi connectivity index (χ3n) is 4.01. The Labute approximate surface area is 148 Å². The zero-order chi connectivity index (χ0) is 18.4. The quantitative estimate of drug-likeness (QED) is 0.828. The summed E-state index contributed by atoms with van der Waals surface area (Å²) in [7, 11) is -3.75. The van der Waals surface area contributed by atoms with Crippen LogP contribution < -0.4 is 10.5 Å². The van der Waals surface area contributed by atoms with Crippen LogP contribution in [0, 0.1) is 0 Å². The number of hydrogen-bond donors (Lipinski definition) is 2. The summed E-state index contributed by atoms with van der Waals surface area (Å²) in [6, 6.07) is 15.4. The smallest absolute Gasteiger partial charge is 0.318 e. The van der Waals surface area contributed by atoms with E-state index in [1.165, 1.54) is 24.3 Å². The van der Waals surface area contributed by atoms with Crippen LogP contribution in [0.25, 0.3) is 0 Å². The molecular weight excluding hydrogens is 338 g/mol. The van der Waals surface area contributed by atoms with Crippen LogP contribution in [-0.2, 0) is 16.6 Å². The summed E-state index contributed by atoms with van der Waals surface area (Å²) >= 11 is 0. The maximum Gasteiger partial charge on any atom is 0.322 e. The number of rotatable bonds is 6. The third-order valence-corrected chi connectivity index (χ3v) is 4.94. The molecule has 0 saturated carbocycles. The molecule has 25 heavy (non-hydrogen) atoms. The van der Waals surface area contributed by atoms with E-state index in [1.54, 1.807) is 4.90 Å². The fourth-order valence-electron chi connectivity index (χ4n) is 2.35. The van der Waals surface area contributed by atoms with Gasteiger partial charge in [0.1, 0.15) is 0 Å². The standard InChI is InChI=1S/C18H23N3O3S/c1-3-14(2)21(13-15-7-5-4-6-8-15)18(22)20-16-9-11-17(12-10-16)25(19,23)24/h4-12,14H,3,13H2,1-2H3,(H,20,22)(H2,19,23,24). The second-order valence-electron chi connectivity index (χ2n) is 5.87. The molecule has 134 valence electrons. The highest BCUT2D eigenvalue weighted by molar-refractivity contribution is 7.89. The van der Waals surface area contributed by atoms with Crippen LogP contribution in [0.1, 0.15) is 25.8 Å². The number of nitrogens with one attached hydrogen (secondary N) is 1. The van der Waals surface area contributed by atoms with E-state index in [9.17, 15) is 13.2 Å². The molecule has 1 atom stereocenters. The highest BCUT2D eigenvalue weighted by Gasteiger charge is 2.19. The molecule has 7 heteroatoms. The number of anilines is 1. The van der Waals surface area contributed by atoms with Crippen molar-refractivity contribution in [3.63, 3.8) is 0 Å². The number of hydrogen-bond acceptors (Lipinski definition) is 3. The second kappa shape index (κ2) is 8.13. The van der Waals surface area contributed by atoms with Crippen LogP contribution in [-0.4, -0.2) is 25.4 Å². The molecule has 2 rings (SSSR count). The van der Waals surface area contributed by atoms with E-state index >= 15 is 0 Å². The molecule has 1 unspecified atom stereocenters. The van der Waals surface area contributed by atoms with Crippen molar-refractivity contribution in [1.29, 1.82) is 0 Å². The Balaban J connectivity index is 2.14. The highest BCUT2D eigenvalue weighted by Crippen LogP contribution is 2.16. The van der Waals surface area contributed by atoms with Gasteiger partial charge in [-0.05, 0) is 43.2 Å². The molecule has 2 aromatic carbocycles. The van der Waals surface area contributed by atoms with Crippen LogP contribution in [0.4, 0.5) is 10.5 Å². The van der Waals surface area contributed by atoms with Gasteiger partial charge in [-0.3, -0.25) is 0 Å². The minimum absolute atomic E-state index is 0.00793. The third kappa shape index (κ3) is 5.30. The predicted molar refractivity (Wildman–Crippen MR) is 98.6 cm³/mol. The summed E-state index contributed by atoms with van der Waals surface area (Å²) in [5.74, 6) is 0. The molecule has 0 aliphatic carbocycles. The summed E-state index contributed by atoms with van der Waals surface area (Å²) in [5, 5.41) is 7.88. The van der Waals surface area contributed by atoms with E-state index in [1.807, 2.05) is 44.2 Å². The van der Waals surface area contributed by atoms with Gasteiger partial charge in [0, 0.05) is 18.3 Å². The molecule has 0 aromatic heterocycles. The number of carbonyl (C=O) groups excluding carboxylic acids is 1. The topological polar surface area (TPSA) is 92.5 Å². The van der Waals surface area contributed by atoms with Crippen molar-refractivity contribution < 1.29 is 13.2 Å². The molecule has 0 spiro atoms. The molecule has 3 N–H and O–H groups in total. The van der Waals surface area contributed by atoms with E-state index < -0.39 is 10.0 Å². The molecular formula is C18H23N3O3S. The molecule has 6 nitrogen and oxygen atoms in total. The van der Waals surface area contributed by atoms with Gasteiger partial charge in [0.25, 0.3) is 0 Å². The Morgan fingerprint density at radius 3 is 2.24 bits per heavy atom. The summed E-state index contributed by atoms with van der Waals surface area (Å²) in [4.78, 5) is 14.4. The van der Waals surface area contributed by atoms with E-state index in [0.717, 1.165) is 12.0 Å². The van der Waals surface area contributed by atoms with Crippen molar-refractivity contribution in [1.82, 2.24) is 4.90 Å². The largest absolute Gasteiger partial charge is 0.322 e. The Bertz CT molecular complexity index is 805. The Kier molecular flexibility index (Phi) is 6.17. The fourth-order valence-corrected chi connectivity index (χ4v) is 2.87. The minimum atomic E-state index is -3.75. The molecule has 0 aliphatic rings. The molecule has 2 amide bonds. The monoisotopic (exact) mass is 361 g/mol. The van der Waals surface area contributed by atoms with Gasteiger partial charge >= 0.3 is 6.03 Å². The molecule has 0 saturated heterocycles. The van der Waals surface area contributed by atoms with Crippen LogP contribution in [0.5, 0.6) is 0 Å². The number of benzene rings is 2. The normalized spacial score (nSPS) is 12.4. The maximum absolute atomic E-state index is 12.7. The number of primary sulfonamides is 1. The number of carbonyl (C=O) groups is 1. The summed E-state index contributed by atoms with van der Waals surface area (Å²) in [6.45, 7) is 4.51. The average Bonchev–Trinajstić information content (AvgIpc) is 2.59. The molecule has 0 heterocycles. The lowest BCUT2D eigenvalue weighted by molar-refractivity contribution is 0.187. The summed E-state index contributed by atoms with van der Waals surface area (Å²) in [5.41, 5.74) is 1.56. The number of sulfonamides is 1. The average molecular weight is 361 g/mol. The first-order valence-corrected chi connectivity index (χ1v) is 9.60. The Morgan fingerprint density at radius 1 is 1.12 bits per heavy atom. The number of nitrogens with zero attached hydrogens (tertiary/aromatic N) is 1. The highest BCUT2D eigenvalue weighted by atomic mass is 32.2. The maximum atomic E-state index is 12.7. The zero-order valence-electron chi connectivity index (χ0n) is 14.3. The molecule has 0 bridgehead atoms. The van der Waals surface area contributed by atoms with Gasteiger partial charge in [-0.1, -0.05) is 37.3 Å². The van der Waals surface area contributed by atoms with Gasteiger partial charge in [-0.25, -0.2) is 18.4 Å². The zero-order valence-corrected chi connectivity index (χ0v) is 15.2. The van der Waals surface area contributed by atoms with Crippen molar-refractivity contribution in [3.8, 4) is 0 Å². The van der Waals surface area contributed by atoms with Gasteiger partial charge < -0.3 is 10.2 Å². The first-order chi connectivity index (χ1) is 11.8. The lowest BCUT2D eigenvalue weighted by Gasteiger charge is -2.29. The SMILES string of the molecule is CCC(C)N(Cc1ccccc1)C(=O)Nc1ccc(S(N)(=O)=O)cc1. The van der Waals surface area contributed by atoms with E-state index in [-0.39, 0.29) is 17.0 Å².